The summed E-state index contributed by atoms with van der Waals surface area (Å²) in [4.78, 5) is 11.5. The summed E-state index contributed by atoms with van der Waals surface area (Å²) in [6.45, 7) is 4.27. The van der Waals surface area contributed by atoms with Gasteiger partial charge in [-0.25, -0.2) is 9.97 Å². The van der Waals surface area contributed by atoms with E-state index < -0.39 is 0 Å². The molecule has 2 aromatic heterocycles. The van der Waals surface area contributed by atoms with Gasteiger partial charge in [0.2, 0.25) is 0 Å². The number of halogens is 1. The molecule has 0 spiro atoms. The summed E-state index contributed by atoms with van der Waals surface area (Å²) < 4.78 is 0. The standard InChI is InChI=1S/C17H20ClN7/c18-13-10-12-9-11(16-22-15(3-4-19)23-24-16)1-2-14(12)21-17(13)25-7-5-20-6-8-25/h1-2,9-10,20H,3-8,19H2,(H,22,23,24). The number of benzene rings is 1. The fourth-order valence-corrected chi connectivity index (χ4v) is 3.33. The van der Waals surface area contributed by atoms with E-state index in [1.165, 1.54) is 0 Å². The second-order valence-corrected chi connectivity index (χ2v) is 6.49. The zero-order valence-corrected chi connectivity index (χ0v) is 14.6. The molecule has 0 unspecified atom stereocenters. The second kappa shape index (κ2) is 6.95. The normalized spacial score (nSPS) is 15.0. The number of H-pyrrole nitrogens is 1. The molecule has 0 amide bonds. The van der Waals surface area contributed by atoms with Crippen molar-refractivity contribution in [2.24, 2.45) is 5.73 Å². The molecule has 130 valence electrons. The van der Waals surface area contributed by atoms with Gasteiger partial charge in [0.05, 0.1) is 10.5 Å². The van der Waals surface area contributed by atoms with Crippen LogP contribution in [0, 0.1) is 0 Å². The van der Waals surface area contributed by atoms with Crippen LogP contribution in [0.5, 0.6) is 0 Å². The van der Waals surface area contributed by atoms with E-state index in [4.69, 9.17) is 22.3 Å². The molecule has 1 saturated heterocycles. The van der Waals surface area contributed by atoms with Gasteiger partial charge in [0.25, 0.3) is 0 Å². The molecule has 3 aromatic rings. The van der Waals surface area contributed by atoms with Crippen molar-refractivity contribution in [1.29, 1.82) is 0 Å². The number of nitrogens with two attached hydrogens (primary N) is 1. The fourth-order valence-electron chi connectivity index (χ4n) is 3.05. The molecule has 1 aliphatic heterocycles. The van der Waals surface area contributed by atoms with Crippen molar-refractivity contribution >= 4 is 28.3 Å². The lowest BCUT2D eigenvalue weighted by Gasteiger charge is -2.29. The lowest BCUT2D eigenvalue weighted by molar-refractivity contribution is 0.585. The summed E-state index contributed by atoms with van der Waals surface area (Å²) in [5.41, 5.74) is 7.40. The summed E-state index contributed by atoms with van der Waals surface area (Å²) in [5.74, 6) is 2.31. The van der Waals surface area contributed by atoms with Crippen molar-refractivity contribution < 1.29 is 0 Å². The lowest BCUT2D eigenvalue weighted by Crippen LogP contribution is -2.44. The SMILES string of the molecule is NCCc1nc(-c2ccc3nc(N4CCNCC4)c(Cl)cc3c2)n[nH]1. The van der Waals surface area contributed by atoms with E-state index in [2.05, 4.69) is 25.4 Å². The van der Waals surface area contributed by atoms with Crippen LogP contribution in [0.15, 0.2) is 24.3 Å². The molecule has 4 rings (SSSR count). The van der Waals surface area contributed by atoms with Crippen LogP contribution < -0.4 is 16.0 Å². The molecule has 25 heavy (non-hydrogen) atoms. The zero-order valence-electron chi connectivity index (χ0n) is 13.8. The van der Waals surface area contributed by atoms with Crippen LogP contribution in [0.1, 0.15) is 5.82 Å². The number of aromatic nitrogens is 4. The highest BCUT2D eigenvalue weighted by Gasteiger charge is 2.16. The van der Waals surface area contributed by atoms with Crippen LogP contribution in [0.25, 0.3) is 22.3 Å². The second-order valence-electron chi connectivity index (χ2n) is 6.08. The minimum Gasteiger partial charge on any atom is -0.353 e. The Morgan fingerprint density at radius 1 is 1.16 bits per heavy atom. The largest absolute Gasteiger partial charge is 0.353 e. The summed E-state index contributed by atoms with van der Waals surface area (Å²) in [6.07, 6.45) is 0.683. The maximum absolute atomic E-state index is 6.50. The van der Waals surface area contributed by atoms with E-state index in [1.807, 2.05) is 24.3 Å². The van der Waals surface area contributed by atoms with E-state index >= 15 is 0 Å². The van der Waals surface area contributed by atoms with E-state index in [9.17, 15) is 0 Å². The molecule has 7 nitrogen and oxygen atoms in total. The minimum atomic E-state index is 0.542. The molecule has 0 saturated carbocycles. The maximum atomic E-state index is 6.50. The average molecular weight is 358 g/mol. The van der Waals surface area contributed by atoms with E-state index in [1.54, 1.807) is 0 Å². The van der Waals surface area contributed by atoms with Crippen molar-refractivity contribution in [3.8, 4) is 11.4 Å². The molecule has 1 aromatic carbocycles. The van der Waals surface area contributed by atoms with Gasteiger partial charge < -0.3 is 16.0 Å². The van der Waals surface area contributed by atoms with Crippen molar-refractivity contribution in [3.05, 3.63) is 35.1 Å². The van der Waals surface area contributed by atoms with E-state index in [-0.39, 0.29) is 0 Å². The molecule has 3 heterocycles. The first-order valence-corrected chi connectivity index (χ1v) is 8.80. The van der Waals surface area contributed by atoms with Gasteiger partial charge in [0.1, 0.15) is 11.6 Å². The quantitative estimate of drug-likeness (QED) is 0.656. The number of hydrogen-bond donors (Lipinski definition) is 3. The maximum Gasteiger partial charge on any atom is 0.181 e. The highest BCUT2D eigenvalue weighted by molar-refractivity contribution is 6.33. The number of aromatic amines is 1. The molecule has 0 radical (unpaired) electrons. The van der Waals surface area contributed by atoms with Gasteiger partial charge in [0.15, 0.2) is 5.82 Å². The summed E-state index contributed by atoms with van der Waals surface area (Å²) in [5, 5.41) is 12.2. The topological polar surface area (TPSA) is 95.8 Å². The third-order valence-corrected chi connectivity index (χ3v) is 4.62. The number of piperazine rings is 1. The Bertz CT molecular complexity index is 886. The number of nitrogens with one attached hydrogen (secondary N) is 2. The van der Waals surface area contributed by atoms with Gasteiger partial charge in [-0.2, -0.15) is 5.10 Å². The van der Waals surface area contributed by atoms with Crippen LogP contribution in [0.3, 0.4) is 0 Å². The van der Waals surface area contributed by atoms with Crippen LogP contribution in [-0.4, -0.2) is 52.9 Å². The Labute approximate surface area is 150 Å². The smallest absolute Gasteiger partial charge is 0.181 e. The predicted molar refractivity (Wildman–Crippen MR) is 100.0 cm³/mol. The Balaban J connectivity index is 1.68. The Kier molecular flexibility index (Phi) is 4.52. The van der Waals surface area contributed by atoms with Crippen LogP contribution in [0.4, 0.5) is 5.82 Å². The highest BCUT2D eigenvalue weighted by Crippen LogP contribution is 2.30. The summed E-state index contributed by atoms with van der Waals surface area (Å²) in [7, 11) is 0. The summed E-state index contributed by atoms with van der Waals surface area (Å²) in [6, 6.07) is 7.97. The monoisotopic (exact) mass is 357 g/mol. The first-order chi connectivity index (χ1) is 12.2. The van der Waals surface area contributed by atoms with Crippen molar-refractivity contribution in [3.63, 3.8) is 0 Å². The number of nitrogens with zero attached hydrogens (tertiary/aromatic N) is 4. The highest BCUT2D eigenvalue weighted by atomic mass is 35.5. The molecule has 8 heteroatoms. The van der Waals surface area contributed by atoms with Crippen molar-refractivity contribution in [2.45, 2.75) is 6.42 Å². The van der Waals surface area contributed by atoms with Crippen LogP contribution in [0.2, 0.25) is 5.02 Å². The van der Waals surface area contributed by atoms with E-state index in [0.29, 0.717) is 23.8 Å². The third kappa shape index (κ3) is 3.30. The molecule has 0 bridgehead atoms. The Morgan fingerprint density at radius 3 is 2.80 bits per heavy atom. The first kappa shape index (κ1) is 16.3. The van der Waals surface area contributed by atoms with Gasteiger partial charge in [-0.15, -0.1) is 0 Å². The lowest BCUT2D eigenvalue weighted by atomic mass is 10.1. The van der Waals surface area contributed by atoms with Gasteiger partial charge in [0, 0.05) is 43.5 Å². The number of fused-ring (bicyclic) bond motifs is 1. The fraction of sp³-hybridized carbons (Fsp3) is 0.353. The Morgan fingerprint density at radius 2 is 2.00 bits per heavy atom. The molecule has 0 atom stereocenters. The number of pyridine rings is 1. The van der Waals surface area contributed by atoms with Crippen molar-refractivity contribution in [2.75, 3.05) is 37.6 Å². The molecule has 1 aliphatic rings. The van der Waals surface area contributed by atoms with Crippen LogP contribution >= 0.6 is 11.6 Å². The molecular formula is C17H20ClN7. The molecule has 1 fully saturated rings. The number of hydrogen-bond acceptors (Lipinski definition) is 6. The molecule has 0 aliphatic carbocycles. The van der Waals surface area contributed by atoms with Gasteiger partial charge >= 0.3 is 0 Å². The third-order valence-electron chi connectivity index (χ3n) is 4.34. The minimum absolute atomic E-state index is 0.542. The van der Waals surface area contributed by atoms with Gasteiger partial charge in [-0.3, -0.25) is 5.10 Å². The average Bonchev–Trinajstić information content (AvgIpc) is 3.10. The van der Waals surface area contributed by atoms with Crippen molar-refractivity contribution in [1.82, 2.24) is 25.5 Å². The Hall–Kier alpha value is -2.22. The van der Waals surface area contributed by atoms with Crippen LogP contribution in [-0.2, 0) is 6.42 Å². The van der Waals surface area contributed by atoms with E-state index in [0.717, 1.165) is 54.3 Å². The zero-order chi connectivity index (χ0) is 17.2. The molecule has 4 N–H and O–H groups in total. The first-order valence-electron chi connectivity index (χ1n) is 8.42. The summed E-state index contributed by atoms with van der Waals surface area (Å²) >= 11 is 6.50. The number of rotatable bonds is 4. The van der Waals surface area contributed by atoms with Gasteiger partial charge in [-0.1, -0.05) is 11.6 Å². The predicted octanol–water partition coefficient (Wildman–Crippen LogP) is 1.58. The number of anilines is 1. The van der Waals surface area contributed by atoms with Gasteiger partial charge in [-0.05, 0) is 30.8 Å². The molecular weight excluding hydrogens is 338 g/mol.